The molecule has 0 unspecified atom stereocenters. The fourth-order valence-electron chi connectivity index (χ4n) is 3.59. The Morgan fingerprint density at radius 2 is 2.00 bits per heavy atom. The maximum Gasteiger partial charge on any atom is 0.315 e. The SMILES string of the molecule is CC[C@H](C)NC(=O)N[C@H](C)[C@H]1C[C@H]2CC[C@H]1C2. The predicted molar refractivity (Wildman–Crippen MR) is 69.8 cm³/mol. The van der Waals surface area contributed by atoms with Crippen LogP contribution in [-0.2, 0) is 0 Å². The van der Waals surface area contributed by atoms with Gasteiger partial charge in [0.2, 0.25) is 0 Å². The van der Waals surface area contributed by atoms with E-state index in [-0.39, 0.29) is 12.1 Å². The van der Waals surface area contributed by atoms with Crippen LogP contribution in [0.1, 0.15) is 52.9 Å². The van der Waals surface area contributed by atoms with Crippen LogP contribution in [-0.4, -0.2) is 18.1 Å². The van der Waals surface area contributed by atoms with Crippen molar-refractivity contribution < 1.29 is 4.79 Å². The smallest absolute Gasteiger partial charge is 0.315 e. The lowest BCUT2D eigenvalue weighted by atomic mass is 9.84. The topological polar surface area (TPSA) is 41.1 Å². The zero-order chi connectivity index (χ0) is 12.4. The molecule has 2 aliphatic rings. The highest BCUT2D eigenvalue weighted by atomic mass is 16.2. The van der Waals surface area contributed by atoms with Crippen LogP contribution in [0.4, 0.5) is 4.79 Å². The Bertz CT molecular complexity index is 279. The number of carbonyl (C=O) groups is 1. The summed E-state index contributed by atoms with van der Waals surface area (Å²) in [5, 5.41) is 6.10. The molecule has 2 aliphatic carbocycles. The van der Waals surface area contributed by atoms with Crippen LogP contribution < -0.4 is 10.6 Å². The second kappa shape index (κ2) is 5.28. The van der Waals surface area contributed by atoms with Crippen molar-refractivity contribution in [3.63, 3.8) is 0 Å². The molecule has 2 amide bonds. The summed E-state index contributed by atoms with van der Waals surface area (Å²) in [5.41, 5.74) is 0. The molecule has 0 aliphatic heterocycles. The lowest BCUT2D eigenvalue weighted by molar-refractivity contribution is 0.217. The first kappa shape index (κ1) is 12.7. The zero-order valence-corrected chi connectivity index (χ0v) is 11.3. The van der Waals surface area contributed by atoms with Crippen LogP contribution in [0.5, 0.6) is 0 Å². The molecule has 3 heteroatoms. The van der Waals surface area contributed by atoms with E-state index in [1.54, 1.807) is 0 Å². The first-order chi connectivity index (χ1) is 8.10. The van der Waals surface area contributed by atoms with E-state index < -0.39 is 0 Å². The quantitative estimate of drug-likeness (QED) is 0.777. The summed E-state index contributed by atoms with van der Waals surface area (Å²) < 4.78 is 0. The molecule has 0 aromatic carbocycles. The van der Waals surface area contributed by atoms with Gasteiger partial charge in [-0.1, -0.05) is 13.3 Å². The summed E-state index contributed by atoms with van der Waals surface area (Å²) in [6.45, 7) is 6.30. The van der Waals surface area contributed by atoms with Crippen LogP contribution in [0.15, 0.2) is 0 Å². The number of fused-ring (bicyclic) bond motifs is 2. The van der Waals surface area contributed by atoms with E-state index in [9.17, 15) is 4.79 Å². The van der Waals surface area contributed by atoms with Gasteiger partial charge >= 0.3 is 6.03 Å². The molecule has 2 bridgehead atoms. The molecule has 2 saturated carbocycles. The number of nitrogens with one attached hydrogen (secondary N) is 2. The van der Waals surface area contributed by atoms with Crippen molar-refractivity contribution >= 4 is 6.03 Å². The molecule has 0 spiro atoms. The van der Waals surface area contributed by atoms with E-state index in [1.807, 2.05) is 6.92 Å². The number of urea groups is 1. The Morgan fingerprint density at radius 1 is 1.24 bits per heavy atom. The minimum absolute atomic E-state index is 0.00891. The summed E-state index contributed by atoms with van der Waals surface area (Å²) >= 11 is 0. The number of carbonyl (C=O) groups excluding carboxylic acids is 1. The average Bonchev–Trinajstić information content (AvgIpc) is 2.90. The third kappa shape index (κ3) is 2.93. The van der Waals surface area contributed by atoms with Gasteiger partial charge in [0, 0.05) is 12.1 Å². The van der Waals surface area contributed by atoms with Crippen LogP contribution in [0, 0.1) is 17.8 Å². The Kier molecular flexibility index (Phi) is 3.95. The molecule has 0 aromatic rings. The lowest BCUT2D eigenvalue weighted by Crippen LogP contribution is -2.47. The lowest BCUT2D eigenvalue weighted by Gasteiger charge is -2.29. The van der Waals surface area contributed by atoms with Crippen LogP contribution in [0.2, 0.25) is 0 Å². The fraction of sp³-hybridized carbons (Fsp3) is 0.929. The summed E-state index contributed by atoms with van der Waals surface area (Å²) in [5.74, 6) is 2.54. The van der Waals surface area contributed by atoms with Gasteiger partial charge in [-0.25, -0.2) is 4.79 Å². The Labute approximate surface area is 105 Å². The van der Waals surface area contributed by atoms with Crippen molar-refractivity contribution in [1.82, 2.24) is 10.6 Å². The molecule has 0 saturated heterocycles. The molecule has 5 atom stereocenters. The minimum Gasteiger partial charge on any atom is -0.336 e. The van der Waals surface area contributed by atoms with E-state index in [2.05, 4.69) is 24.5 Å². The van der Waals surface area contributed by atoms with Gasteiger partial charge in [-0.2, -0.15) is 0 Å². The summed E-state index contributed by atoms with van der Waals surface area (Å²) in [7, 11) is 0. The molecule has 2 rings (SSSR count). The van der Waals surface area contributed by atoms with Gasteiger partial charge in [0.1, 0.15) is 0 Å². The van der Waals surface area contributed by atoms with Crippen molar-refractivity contribution in [2.75, 3.05) is 0 Å². The molecular formula is C14H26N2O. The number of amides is 2. The van der Waals surface area contributed by atoms with Crippen molar-refractivity contribution in [2.45, 2.75) is 65.0 Å². The molecule has 0 radical (unpaired) electrons. The van der Waals surface area contributed by atoms with E-state index in [0.717, 1.165) is 24.2 Å². The van der Waals surface area contributed by atoms with Crippen LogP contribution in [0.3, 0.4) is 0 Å². The summed E-state index contributed by atoms with van der Waals surface area (Å²) in [6.07, 6.45) is 6.52. The standard InChI is InChI=1S/C14H26N2O/c1-4-9(2)15-14(17)16-10(3)13-8-11-5-6-12(13)7-11/h9-13H,4-8H2,1-3H3,(H2,15,16,17)/t9-,10+,11-,12-,13+/m0/s1. The summed E-state index contributed by atoms with van der Waals surface area (Å²) in [6, 6.07) is 0.603. The average molecular weight is 238 g/mol. The van der Waals surface area contributed by atoms with Gasteiger partial charge in [-0.3, -0.25) is 0 Å². The number of rotatable bonds is 4. The van der Waals surface area contributed by atoms with Crippen LogP contribution in [0.25, 0.3) is 0 Å². The molecular weight excluding hydrogens is 212 g/mol. The van der Waals surface area contributed by atoms with E-state index in [0.29, 0.717) is 6.04 Å². The van der Waals surface area contributed by atoms with Crippen LogP contribution >= 0.6 is 0 Å². The summed E-state index contributed by atoms with van der Waals surface area (Å²) in [4.78, 5) is 11.8. The number of hydrogen-bond donors (Lipinski definition) is 2. The minimum atomic E-state index is 0.00891. The zero-order valence-electron chi connectivity index (χ0n) is 11.3. The highest BCUT2D eigenvalue weighted by Gasteiger charge is 2.42. The maximum absolute atomic E-state index is 11.8. The third-order valence-electron chi connectivity index (χ3n) is 4.78. The Balaban J connectivity index is 1.77. The number of hydrogen-bond acceptors (Lipinski definition) is 1. The van der Waals surface area contributed by atoms with E-state index in [1.165, 1.54) is 25.7 Å². The normalized spacial score (nSPS) is 34.4. The molecule has 0 heterocycles. The first-order valence-corrected chi connectivity index (χ1v) is 7.17. The van der Waals surface area contributed by atoms with Crippen molar-refractivity contribution in [2.24, 2.45) is 17.8 Å². The van der Waals surface area contributed by atoms with Gasteiger partial charge < -0.3 is 10.6 Å². The van der Waals surface area contributed by atoms with Gasteiger partial charge in [0.15, 0.2) is 0 Å². The van der Waals surface area contributed by atoms with E-state index in [4.69, 9.17) is 0 Å². The van der Waals surface area contributed by atoms with Gasteiger partial charge in [0.05, 0.1) is 0 Å². The molecule has 3 nitrogen and oxygen atoms in total. The molecule has 98 valence electrons. The Hall–Kier alpha value is -0.730. The van der Waals surface area contributed by atoms with Gasteiger partial charge in [-0.05, 0) is 57.3 Å². The van der Waals surface area contributed by atoms with Gasteiger partial charge in [-0.15, -0.1) is 0 Å². The maximum atomic E-state index is 11.8. The molecule has 17 heavy (non-hydrogen) atoms. The highest BCUT2D eigenvalue weighted by Crippen LogP contribution is 2.49. The Morgan fingerprint density at radius 3 is 2.53 bits per heavy atom. The predicted octanol–water partition coefficient (Wildman–Crippen LogP) is 2.91. The molecule has 2 N–H and O–H groups in total. The third-order valence-corrected chi connectivity index (χ3v) is 4.78. The van der Waals surface area contributed by atoms with Crippen molar-refractivity contribution in [3.8, 4) is 0 Å². The monoisotopic (exact) mass is 238 g/mol. The van der Waals surface area contributed by atoms with Crippen molar-refractivity contribution in [3.05, 3.63) is 0 Å². The largest absolute Gasteiger partial charge is 0.336 e. The van der Waals surface area contributed by atoms with Crippen molar-refractivity contribution in [1.29, 1.82) is 0 Å². The van der Waals surface area contributed by atoms with E-state index >= 15 is 0 Å². The highest BCUT2D eigenvalue weighted by molar-refractivity contribution is 5.74. The van der Waals surface area contributed by atoms with Gasteiger partial charge in [0.25, 0.3) is 0 Å². The second-order valence-electron chi connectivity index (χ2n) is 6.05. The first-order valence-electron chi connectivity index (χ1n) is 7.17. The fourth-order valence-corrected chi connectivity index (χ4v) is 3.59. The molecule has 2 fully saturated rings. The second-order valence-corrected chi connectivity index (χ2v) is 6.05. The molecule has 0 aromatic heterocycles.